The first-order valence-electron chi connectivity index (χ1n) is 5.29. The molecule has 2 N–H and O–H groups in total. The highest BCUT2D eigenvalue weighted by Gasteiger charge is 2.22. The van der Waals surface area contributed by atoms with E-state index in [1.165, 1.54) is 11.3 Å². The first-order chi connectivity index (χ1) is 8.31. The SMILES string of the molecule is CC(C)CC(NC(=O)c1cc(Br)c(Br)s1)C(=O)O. The highest BCUT2D eigenvalue weighted by Crippen LogP contribution is 2.32. The van der Waals surface area contributed by atoms with Crippen LogP contribution in [-0.2, 0) is 4.79 Å². The summed E-state index contributed by atoms with van der Waals surface area (Å²) < 4.78 is 1.59. The number of hydrogen-bond acceptors (Lipinski definition) is 3. The van der Waals surface area contributed by atoms with Crippen LogP contribution in [0.3, 0.4) is 0 Å². The number of thiophene rings is 1. The van der Waals surface area contributed by atoms with E-state index in [0.717, 1.165) is 8.26 Å². The van der Waals surface area contributed by atoms with Crippen molar-refractivity contribution in [2.24, 2.45) is 5.92 Å². The molecule has 0 aromatic carbocycles. The summed E-state index contributed by atoms with van der Waals surface area (Å²) in [5.41, 5.74) is 0. The van der Waals surface area contributed by atoms with E-state index in [4.69, 9.17) is 5.11 Å². The number of carboxylic acid groups (broad SMARTS) is 1. The van der Waals surface area contributed by atoms with Crippen LogP contribution in [0, 0.1) is 5.92 Å². The lowest BCUT2D eigenvalue weighted by molar-refractivity contribution is -0.139. The Balaban J connectivity index is 2.75. The Hall–Kier alpha value is -0.400. The average molecular weight is 399 g/mol. The second-order valence-electron chi connectivity index (χ2n) is 4.23. The van der Waals surface area contributed by atoms with Crippen molar-refractivity contribution in [2.45, 2.75) is 26.3 Å². The monoisotopic (exact) mass is 397 g/mol. The number of carbonyl (C=O) groups excluding carboxylic acids is 1. The maximum absolute atomic E-state index is 11.9. The summed E-state index contributed by atoms with van der Waals surface area (Å²) in [7, 11) is 0. The highest BCUT2D eigenvalue weighted by atomic mass is 79.9. The van der Waals surface area contributed by atoms with Crippen LogP contribution >= 0.6 is 43.2 Å². The van der Waals surface area contributed by atoms with Gasteiger partial charge in [0.25, 0.3) is 5.91 Å². The first-order valence-corrected chi connectivity index (χ1v) is 7.70. The average Bonchev–Trinajstić information content (AvgIpc) is 2.57. The summed E-state index contributed by atoms with van der Waals surface area (Å²) in [6, 6.07) is 0.815. The molecule has 4 nitrogen and oxygen atoms in total. The number of amides is 1. The van der Waals surface area contributed by atoms with Gasteiger partial charge in [0, 0.05) is 4.47 Å². The largest absolute Gasteiger partial charge is 0.480 e. The maximum atomic E-state index is 11.9. The zero-order valence-corrected chi connectivity index (χ0v) is 13.9. The second-order valence-corrected chi connectivity index (χ2v) is 7.45. The number of aliphatic carboxylic acids is 1. The molecule has 0 aliphatic carbocycles. The Labute approximate surface area is 126 Å². The molecule has 0 saturated carbocycles. The molecule has 0 bridgehead atoms. The molecule has 100 valence electrons. The smallest absolute Gasteiger partial charge is 0.326 e. The Morgan fingerprint density at radius 3 is 2.44 bits per heavy atom. The van der Waals surface area contributed by atoms with Crippen molar-refractivity contribution < 1.29 is 14.7 Å². The minimum atomic E-state index is -1.01. The molecule has 1 aromatic rings. The van der Waals surface area contributed by atoms with Gasteiger partial charge in [0.2, 0.25) is 0 Å². The van der Waals surface area contributed by atoms with Crippen molar-refractivity contribution in [2.75, 3.05) is 0 Å². The third-order valence-corrected chi connectivity index (χ3v) is 5.43. The fraction of sp³-hybridized carbons (Fsp3) is 0.455. The molecular formula is C11H13Br2NO3S. The third kappa shape index (κ3) is 4.37. The van der Waals surface area contributed by atoms with Crippen molar-refractivity contribution in [1.82, 2.24) is 5.32 Å². The summed E-state index contributed by atoms with van der Waals surface area (Å²) in [5.74, 6) is -1.17. The van der Waals surface area contributed by atoms with Crippen molar-refractivity contribution in [3.05, 3.63) is 19.2 Å². The zero-order chi connectivity index (χ0) is 13.9. The minimum absolute atomic E-state index is 0.202. The second kappa shape index (κ2) is 6.68. The Morgan fingerprint density at radius 2 is 2.06 bits per heavy atom. The standard InChI is InChI=1S/C11H13Br2NO3S/c1-5(2)3-7(11(16)17)14-10(15)8-4-6(12)9(13)18-8/h4-5,7H,3H2,1-2H3,(H,14,15)(H,16,17). The minimum Gasteiger partial charge on any atom is -0.480 e. The van der Waals surface area contributed by atoms with Gasteiger partial charge in [0.1, 0.15) is 6.04 Å². The molecule has 1 amide bonds. The number of carbonyl (C=O) groups is 2. The maximum Gasteiger partial charge on any atom is 0.326 e. The molecule has 18 heavy (non-hydrogen) atoms. The van der Waals surface area contributed by atoms with E-state index in [1.807, 2.05) is 13.8 Å². The van der Waals surface area contributed by atoms with Crippen molar-refractivity contribution in [1.29, 1.82) is 0 Å². The number of halogens is 2. The molecule has 1 unspecified atom stereocenters. The van der Waals surface area contributed by atoms with Gasteiger partial charge in [-0.25, -0.2) is 4.79 Å². The molecule has 7 heteroatoms. The molecule has 0 radical (unpaired) electrons. The van der Waals surface area contributed by atoms with Crippen LogP contribution in [0.2, 0.25) is 0 Å². The first kappa shape index (κ1) is 15.7. The van der Waals surface area contributed by atoms with Gasteiger partial charge in [0.05, 0.1) is 8.66 Å². The van der Waals surface area contributed by atoms with E-state index in [-0.39, 0.29) is 11.8 Å². The van der Waals surface area contributed by atoms with Gasteiger partial charge in [0.15, 0.2) is 0 Å². The molecule has 1 heterocycles. The molecule has 0 saturated heterocycles. The van der Waals surface area contributed by atoms with Crippen molar-refractivity contribution in [3.8, 4) is 0 Å². The van der Waals surface area contributed by atoms with Gasteiger partial charge in [-0.05, 0) is 50.3 Å². The lowest BCUT2D eigenvalue weighted by Crippen LogP contribution is -2.41. The summed E-state index contributed by atoms with van der Waals surface area (Å²) in [4.78, 5) is 23.4. The molecule has 0 aliphatic heterocycles. The quantitative estimate of drug-likeness (QED) is 0.797. The van der Waals surface area contributed by atoms with E-state index in [9.17, 15) is 9.59 Å². The number of hydrogen-bond donors (Lipinski definition) is 2. The van der Waals surface area contributed by atoms with Gasteiger partial charge >= 0.3 is 5.97 Å². The van der Waals surface area contributed by atoms with Crippen molar-refractivity contribution in [3.63, 3.8) is 0 Å². The molecule has 0 spiro atoms. The Bertz CT molecular complexity index is 440. The summed E-state index contributed by atoms with van der Waals surface area (Å²) in [6.45, 7) is 3.83. The Kier molecular flexibility index (Phi) is 5.81. The summed E-state index contributed by atoms with van der Waals surface area (Å²) in [6.07, 6.45) is 0.411. The Morgan fingerprint density at radius 1 is 1.44 bits per heavy atom. The summed E-state index contributed by atoms with van der Waals surface area (Å²) >= 11 is 7.84. The number of nitrogens with one attached hydrogen (secondary N) is 1. The van der Waals surface area contributed by atoms with E-state index in [2.05, 4.69) is 37.2 Å². The number of rotatable bonds is 5. The molecule has 1 rings (SSSR count). The van der Waals surface area contributed by atoms with Crippen molar-refractivity contribution >= 4 is 55.1 Å². The fourth-order valence-electron chi connectivity index (χ4n) is 1.38. The highest BCUT2D eigenvalue weighted by molar-refractivity contribution is 9.13. The molecule has 1 aromatic heterocycles. The van der Waals surface area contributed by atoms with Gasteiger partial charge in [-0.3, -0.25) is 4.79 Å². The van der Waals surface area contributed by atoms with Gasteiger partial charge in [-0.15, -0.1) is 11.3 Å². The van der Waals surface area contributed by atoms with E-state index in [1.54, 1.807) is 6.07 Å². The van der Waals surface area contributed by atoms with Crippen LogP contribution in [0.5, 0.6) is 0 Å². The predicted octanol–water partition coefficient (Wildman–Crippen LogP) is 3.50. The van der Waals surface area contributed by atoms with Crippen LogP contribution in [-0.4, -0.2) is 23.0 Å². The molecular weight excluding hydrogens is 386 g/mol. The van der Waals surface area contributed by atoms with Crippen LogP contribution in [0.15, 0.2) is 14.3 Å². The van der Waals surface area contributed by atoms with E-state index >= 15 is 0 Å². The van der Waals surface area contributed by atoms with Gasteiger partial charge < -0.3 is 10.4 Å². The molecule has 0 aliphatic rings. The van der Waals surface area contributed by atoms with Crippen LogP contribution in [0.1, 0.15) is 29.9 Å². The lowest BCUT2D eigenvalue weighted by Gasteiger charge is -2.15. The summed E-state index contributed by atoms with van der Waals surface area (Å²) in [5, 5.41) is 11.6. The normalized spacial score (nSPS) is 12.5. The topological polar surface area (TPSA) is 66.4 Å². The molecule has 0 fully saturated rings. The van der Waals surface area contributed by atoms with E-state index < -0.39 is 12.0 Å². The van der Waals surface area contributed by atoms with Gasteiger partial charge in [-0.2, -0.15) is 0 Å². The van der Waals surface area contributed by atoms with Crippen LogP contribution in [0.25, 0.3) is 0 Å². The fourth-order valence-corrected chi connectivity index (χ4v) is 3.32. The number of carboxylic acids is 1. The molecule has 1 atom stereocenters. The lowest BCUT2D eigenvalue weighted by atomic mass is 10.0. The predicted molar refractivity (Wildman–Crippen MR) is 78.1 cm³/mol. The zero-order valence-electron chi connectivity index (χ0n) is 9.87. The van der Waals surface area contributed by atoms with Crippen LogP contribution < -0.4 is 5.32 Å². The van der Waals surface area contributed by atoms with E-state index in [0.29, 0.717) is 11.3 Å². The van der Waals surface area contributed by atoms with Gasteiger partial charge in [-0.1, -0.05) is 13.8 Å². The third-order valence-electron chi connectivity index (χ3n) is 2.18. The van der Waals surface area contributed by atoms with Crippen LogP contribution in [0.4, 0.5) is 0 Å².